The molecular formula is C15H14ClNO2. The Morgan fingerprint density at radius 2 is 1.89 bits per heavy atom. The van der Waals surface area contributed by atoms with Gasteiger partial charge in [-0.3, -0.25) is 4.79 Å². The highest BCUT2D eigenvalue weighted by atomic mass is 35.5. The maximum Gasteiger partial charge on any atom is 0.265 e. The Labute approximate surface area is 117 Å². The summed E-state index contributed by atoms with van der Waals surface area (Å²) < 4.78 is 5.53. The standard InChI is InChI=1S/C15H14ClNO2/c1-11(19-14-8-3-2-4-9-14)15(18)17-13-7-5-6-12(16)10-13/h2-11H,1H3,(H,17,18)/t11-/m0/s1. The first-order valence-electron chi connectivity index (χ1n) is 5.93. The average Bonchev–Trinajstić information content (AvgIpc) is 2.40. The van der Waals surface area contributed by atoms with Crippen LogP contribution in [0.15, 0.2) is 54.6 Å². The van der Waals surface area contributed by atoms with Crippen LogP contribution >= 0.6 is 11.6 Å². The summed E-state index contributed by atoms with van der Waals surface area (Å²) in [6, 6.07) is 16.2. The van der Waals surface area contributed by atoms with Gasteiger partial charge in [-0.05, 0) is 37.3 Å². The molecule has 2 aromatic carbocycles. The smallest absolute Gasteiger partial charge is 0.265 e. The molecule has 4 heteroatoms. The molecule has 0 unspecified atom stereocenters. The SMILES string of the molecule is C[C@H](Oc1ccccc1)C(=O)Nc1cccc(Cl)c1. The molecule has 19 heavy (non-hydrogen) atoms. The van der Waals surface area contributed by atoms with Crippen LogP contribution in [-0.2, 0) is 4.79 Å². The first-order valence-corrected chi connectivity index (χ1v) is 6.31. The van der Waals surface area contributed by atoms with Crippen molar-refractivity contribution in [2.24, 2.45) is 0 Å². The van der Waals surface area contributed by atoms with Gasteiger partial charge in [0.2, 0.25) is 0 Å². The third-order valence-corrected chi connectivity index (χ3v) is 2.75. The molecule has 1 atom stereocenters. The van der Waals surface area contributed by atoms with Gasteiger partial charge in [-0.15, -0.1) is 0 Å². The van der Waals surface area contributed by atoms with E-state index in [-0.39, 0.29) is 5.91 Å². The van der Waals surface area contributed by atoms with E-state index in [1.165, 1.54) is 0 Å². The molecule has 0 radical (unpaired) electrons. The van der Waals surface area contributed by atoms with Crippen molar-refractivity contribution in [2.45, 2.75) is 13.0 Å². The molecular weight excluding hydrogens is 262 g/mol. The molecule has 2 rings (SSSR count). The molecule has 1 amide bonds. The van der Waals surface area contributed by atoms with E-state index in [2.05, 4.69) is 5.32 Å². The second kappa shape index (κ2) is 6.25. The number of halogens is 1. The van der Waals surface area contributed by atoms with Crippen molar-refractivity contribution in [3.05, 3.63) is 59.6 Å². The molecule has 0 aliphatic rings. The second-order valence-corrected chi connectivity index (χ2v) is 4.51. The van der Waals surface area contributed by atoms with Gasteiger partial charge < -0.3 is 10.1 Å². The van der Waals surface area contributed by atoms with Crippen molar-refractivity contribution >= 4 is 23.2 Å². The predicted octanol–water partition coefficient (Wildman–Crippen LogP) is 3.75. The molecule has 0 saturated carbocycles. The van der Waals surface area contributed by atoms with Gasteiger partial charge in [0.25, 0.3) is 5.91 Å². The number of hydrogen-bond donors (Lipinski definition) is 1. The third-order valence-electron chi connectivity index (χ3n) is 2.52. The van der Waals surface area contributed by atoms with Crippen molar-refractivity contribution in [1.82, 2.24) is 0 Å². The zero-order chi connectivity index (χ0) is 13.7. The Bertz CT molecular complexity index is 557. The van der Waals surface area contributed by atoms with Gasteiger partial charge in [-0.1, -0.05) is 35.9 Å². The lowest BCUT2D eigenvalue weighted by Gasteiger charge is -2.14. The van der Waals surface area contributed by atoms with E-state index in [0.29, 0.717) is 16.5 Å². The molecule has 1 N–H and O–H groups in total. The van der Waals surface area contributed by atoms with Gasteiger partial charge in [-0.25, -0.2) is 0 Å². The average molecular weight is 276 g/mol. The molecule has 0 saturated heterocycles. The normalized spacial score (nSPS) is 11.7. The fraction of sp³-hybridized carbons (Fsp3) is 0.133. The number of ether oxygens (including phenoxy) is 1. The summed E-state index contributed by atoms with van der Waals surface area (Å²) in [5.41, 5.74) is 0.654. The quantitative estimate of drug-likeness (QED) is 0.923. The number of hydrogen-bond acceptors (Lipinski definition) is 2. The lowest BCUT2D eigenvalue weighted by atomic mass is 10.3. The van der Waals surface area contributed by atoms with Gasteiger partial charge in [0.15, 0.2) is 6.10 Å². The summed E-state index contributed by atoms with van der Waals surface area (Å²) in [5.74, 6) is 0.447. The number of carbonyl (C=O) groups is 1. The minimum absolute atomic E-state index is 0.217. The topological polar surface area (TPSA) is 38.3 Å². The highest BCUT2D eigenvalue weighted by molar-refractivity contribution is 6.30. The van der Waals surface area contributed by atoms with Crippen LogP contribution in [0.2, 0.25) is 5.02 Å². The summed E-state index contributed by atoms with van der Waals surface area (Å²) in [5, 5.41) is 3.33. The van der Waals surface area contributed by atoms with Gasteiger partial charge in [0.1, 0.15) is 5.75 Å². The third kappa shape index (κ3) is 4.00. The van der Waals surface area contributed by atoms with E-state index in [4.69, 9.17) is 16.3 Å². The van der Waals surface area contributed by atoms with Crippen LogP contribution in [0, 0.1) is 0 Å². The minimum Gasteiger partial charge on any atom is -0.481 e. The molecule has 3 nitrogen and oxygen atoms in total. The Hall–Kier alpha value is -2.00. The molecule has 2 aromatic rings. The Morgan fingerprint density at radius 1 is 1.16 bits per heavy atom. The van der Waals surface area contributed by atoms with Crippen LogP contribution in [0.5, 0.6) is 5.75 Å². The number of para-hydroxylation sites is 1. The molecule has 0 aliphatic heterocycles. The lowest BCUT2D eigenvalue weighted by Crippen LogP contribution is -2.30. The maximum absolute atomic E-state index is 11.9. The lowest BCUT2D eigenvalue weighted by molar-refractivity contribution is -0.122. The van der Waals surface area contributed by atoms with Gasteiger partial charge >= 0.3 is 0 Å². The van der Waals surface area contributed by atoms with Gasteiger partial charge in [-0.2, -0.15) is 0 Å². The number of amides is 1. The number of nitrogens with one attached hydrogen (secondary N) is 1. The summed E-state index contributed by atoms with van der Waals surface area (Å²) in [6.07, 6.45) is -0.582. The van der Waals surface area contributed by atoms with E-state index in [1.807, 2.05) is 30.3 Å². The van der Waals surface area contributed by atoms with Crippen LogP contribution in [0.3, 0.4) is 0 Å². The maximum atomic E-state index is 11.9. The van der Waals surface area contributed by atoms with Crippen LogP contribution in [0.4, 0.5) is 5.69 Å². The van der Waals surface area contributed by atoms with Crippen LogP contribution in [0.25, 0.3) is 0 Å². The van der Waals surface area contributed by atoms with E-state index >= 15 is 0 Å². The second-order valence-electron chi connectivity index (χ2n) is 4.07. The summed E-state index contributed by atoms with van der Waals surface area (Å²) in [4.78, 5) is 11.9. The first-order chi connectivity index (χ1) is 9.15. The van der Waals surface area contributed by atoms with Gasteiger partial charge in [0.05, 0.1) is 0 Å². The Morgan fingerprint density at radius 3 is 2.58 bits per heavy atom. The minimum atomic E-state index is -0.582. The number of benzene rings is 2. The number of carbonyl (C=O) groups excluding carboxylic acids is 1. The fourth-order valence-electron chi connectivity index (χ4n) is 1.57. The Balaban J connectivity index is 1.96. The molecule has 0 aliphatic carbocycles. The van der Waals surface area contributed by atoms with Crippen molar-refractivity contribution in [3.8, 4) is 5.75 Å². The van der Waals surface area contributed by atoms with Crippen LogP contribution in [0.1, 0.15) is 6.92 Å². The molecule has 98 valence electrons. The van der Waals surface area contributed by atoms with E-state index in [0.717, 1.165) is 0 Å². The fourth-order valence-corrected chi connectivity index (χ4v) is 1.76. The summed E-state index contributed by atoms with van der Waals surface area (Å²) >= 11 is 5.86. The number of anilines is 1. The summed E-state index contributed by atoms with van der Waals surface area (Å²) in [7, 11) is 0. The van der Waals surface area contributed by atoms with E-state index in [9.17, 15) is 4.79 Å². The van der Waals surface area contributed by atoms with Crippen molar-refractivity contribution in [3.63, 3.8) is 0 Å². The highest BCUT2D eigenvalue weighted by Crippen LogP contribution is 2.16. The zero-order valence-electron chi connectivity index (χ0n) is 10.5. The zero-order valence-corrected chi connectivity index (χ0v) is 11.2. The molecule has 0 spiro atoms. The molecule has 0 aromatic heterocycles. The van der Waals surface area contributed by atoms with Crippen molar-refractivity contribution in [2.75, 3.05) is 5.32 Å². The molecule has 0 fully saturated rings. The largest absolute Gasteiger partial charge is 0.481 e. The molecule has 0 bridgehead atoms. The van der Waals surface area contributed by atoms with Crippen LogP contribution in [-0.4, -0.2) is 12.0 Å². The van der Waals surface area contributed by atoms with E-state index < -0.39 is 6.10 Å². The predicted molar refractivity (Wildman–Crippen MR) is 76.6 cm³/mol. The summed E-state index contributed by atoms with van der Waals surface area (Å²) in [6.45, 7) is 1.70. The monoisotopic (exact) mass is 275 g/mol. The number of rotatable bonds is 4. The van der Waals surface area contributed by atoms with Gasteiger partial charge in [0, 0.05) is 10.7 Å². The van der Waals surface area contributed by atoms with Crippen molar-refractivity contribution < 1.29 is 9.53 Å². The van der Waals surface area contributed by atoms with Crippen LogP contribution < -0.4 is 10.1 Å². The van der Waals surface area contributed by atoms with E-state index in [1.54, 1.807) is 31.2 Å². The first kappa shape index (κ1) is 13.4. The molecule has 0 heterocycles. The highest BCUT2D eigenvalue weighted by Gasteiger charge is 2.14. The Kier molecular flexibility index (Phi) is 4.42. The van der Waals surface area contributed by atoms with Crippen molar-refractivity contribution in [1.29, 1.82) is 0 Å².